The molecule has 0 aliphatic carbocycles. The average molecular weight is 588 g/mol. The third kappa shape index (κ3) is 5.12. The Hall–Kier alpha value is -5.92. The quantitative estimate of drug-likeness (QED) is 0.187. The van der Waals surface area contributed by atoms with Gasteiger partial charge in [-0.25, -0.2) is 0 Å². The van der Waals surface area contributed by atoms with Crippen LogP contribution in [0.5, 0.6) is 0 Å². The summed E-state index contributed by atoms with van der Waals surface area (Å²) in [6.45, 7) is 2.14. The zero-order valence-electron chi connectivity index (χ0n) is 25.8. The molecule has 46 heavy (non-hydrogen) atoms. The Kier molecular flexibility index (Phi) is 7.13. The highest BCUT2D eigenvalue weighted by atomic mass is 15.1. The number of nitrogens with zero attached hydrogens (tertiary/aromatic N) is 1. The molecule has 0 saturated carbocycles. The Morgan fingerprint density at radius 2 is 0.870 bits per heavy atom. The van der Waals surface area contributed by atoms with Crippen LogP contribution in [0, 0.1) is 6.92 Å². The Balaban J connectivity index is 1.27. The van der Waals surface area contributed by atoms with E-state index in [2.05, 4.69) is 194 Å². The summed E-state index contributed by atoms with van der Waals surface area (Å²) in [7, 11) is 0. The number of anilines is 3. The van der Waals surface area contributed by atoms with Crippen molar-refractivity contribution in [3.63, 3.8) is 0 Å². The van der Waals surface area contributed by atoms with Crippen molar-refractivity contribution in [3.8, 4) is 33.4 Å². The van der Waals surface area contributed by atoms with E-state index in [9.17, 15) is 0 Å². The lowest BCUT2D eigenvalue weighted by Gasteiger charge is -2.27. The minimum atomic E-state index is 1.12. The van der Waals surface area contributed by atoms with Gasteiger partial charge in [0.25, 0.3) is 0 Å². The summed E-state index contributed by atoms with van der Waals surface area (Å²) < 4.78 is 0. The topological polar surface area (TPSA) is 3.24 Å². The standard InChI is InChI=1S/C45H33N/c1-32-18-20-37(21-19-32)43-31-26-36-13-6-8-16-42(36)45(43)38-24-29-40(30-25-38)46(44-17-9-14-35-12-5-7-15-41(35)44)39-27-22-34(23-28-39)33-10-3-2-4-11-33/h2-31H,1H3. The molecule has 1 nitrogen and oxygen atoms in total. The predicted molar refractivity (Wildman–Crippen MR) is 197 cm³/mol. The van der Waals surface area contributed by atoms with Crippen LogP contribution in [0.2, 0.25) is 0 Å². The number of hydrogen-bond acceptors (Lipinski definition) is 1. The maximum Gasteiger partial charge on any atom is 0.0540 e. The fraction of sp³-hybridized carbons (Fsp3) is 0.0222. The van der Waals surface area contributed by atoms with Gasteiger partial charge in [-0.3, -0.25) is 0 Å². The minimum absolute atomic E-state index is 1.12. The van der Waals surface area contributed by atoms with Gasteiger partial charge in [0.05, 0.1) is 5.69 Å². The zero-order valence-corrected chi connectivity index (χ0v) is 25.8. The molecular formula is C45H33N. The van der Waals surface area contributed by atoms with Crippen molar-refractivity contribution in [1.82, 2.24) is 0 Å². The molecule has 8 rings (SSSR count). The van der Waals surface area contributed by atoms with Crippen LogP contribution in [0.25, 0.3) is 54.9 Å². The van der Waals surface area contributed by atoms with Gasteiger partial charge in [0.2, 0.25) is 0 Å². The number of rotatable bonds is 6. The Morgan fingerprint density at radius 1 is 0.348 bits per heavy atom. The Labute approximate surface area is 270 Å². The maximum atomic E-state index is 2.38. The number of aryl methyl sites for hydroxylation is 1. The highest BCUT2D eigenvalue weighted by molar-refractivity contribution is 6.05. The molecule has 0 saturated heterocycles. The third-order valence-electron chi connectivity index (χ3n) is 8.95. The van der Waals surface area contributed by atoms with Gasteiger partial charge in [-0.05, 0) is 86.8 Å². The molecule has 0 spiro atoms. The molecule has 218 valence electrons. The second-order valence-electron chi connectivity index (χ2n) is 11.9. The van der Waals surface area contributed by atoms with Crippen molar-refractivity contribution in [2.45, 2.75) is 6.92 Å². The summed E-state index contributed by atoms with van der Waals surface area (Å²) in [5.74, 6) is 0. The highest BCUT2D eigenvalue weighted by Gasteiger charge is 2.17. The number of fused-ring (bicyclic) bond motifs is 2. The van der Waals surface area contributed by atoms with E-state index in [0.29, 0.717) is 0 Å². The summed E-state index contributed by atoms with van der Waals surface area (Å²) in [4.78, 5) is 2.38. The molecule has 0 aliphatic heterocycles. The Bertz CT molecular complexity index is 2280. The molecule has 0 unspecified atom stereocenters. The summed E-state index contributed by atoms with van der Waals surface area (Å²) in [5, 5.41) is 4.95. The van der Waals surface area contributed by atoms with Crippen LogP contribution in [0.1, 0.15) is 5.56 Å². The van der Waals surface area contributed by atoms with Crippen LogP contribution >= 0.6 is 0 Å². The molecule has 0 heterocycles. The molecule has 0 fully saturated rings. The van der Waals surface area contributed by atoms with Crippen molar-refractivity contribution in [1.29, 1.82) is 0 Å². The van der Waals surface area contributed by atoms with Gasteiger partial charge in [0, 0.05) is 16.8 Å². The Morgan fingerprint density at radius 3 is 1.57 bits per heavy atom. The van der Waals surface area contributed by atoms with E-state index in [0.717, 1.165) is 17.1 Å². The molecule has 0 aliphatic rings. The molecule has 0 N–H and O–H groups in total. The van der Waals surface area contributed by atoms with E-state index >= 15 is 0 Å². The second-order valence-corrected chi connectivity index (χ2v) is 11.9. The van der Waals surface area contributed by atoms with Crippen LogP contribution in [0.4, 0.5) is 17.1 Å². The van der Waals surface area contributed by atoms with Crippen LogP contribution in [0.15, 0.2) is 182 Å². The molecule has 0 amide bonds. The third-order valence-corrected chi connectivity index (χ3v) is 8.95. The fourth-order valence-corrected chi connectivity index (χ4v) is 6.60. The first kappa shape index (κ1) is 27.6. The molecular weight excluding hydrogens is 555 g/mol. The van der Waals surface area contributed by atoms with Crippen molar-refractivity contribution < 1.29 is 0 Å². The molecule has 1 heteroatoms. The summed E-state index contributed by atoms with van der Waals surface area (Å²) in [6, 6.07) is 65.9. The van der Waals surface area contributed by atoms with Crippen molar-refractivity contribution in [2.75, 3.05) is 4.90 Å². The normalized spacial score (nSPS) is 11.2. The van der Waals surface area contributed by atoms with E-state index in [1.807, 2.05) is 0 Å². The number of benzene rings is 8. The largest absolute Gasteiger partial charge is 0.310 e. The zero-order chi connectivity index (χ0) is 30.9. The first-order chi connectivity index (χ1) is 22.7. The summed E-state index contributed by atoms with van der Waals surface area (Å²) in [6.07, 6.45) is 0. The van der Waals surface area contributed by atoms with Crippen LogP contribution in [-0.2, 0) is 0 Å². The molecule has 0 bridgehead atoms. The second kappa shape index (κ2) is 11.9. The van der Waals surface area contributed by atoms with Gasteiger partial charge in [0.15, 0.2) is 0 Å². The van der Waals surface area contributed by atoms with E-state index in [1.54, 1.807) is 0 Å². The molecule has 8 aromatic carbocycles. The van der Waals surface area contributed by atoms with Crippen molar-refractivity contribution in [2.24, 2.45) is 0 Å². The van der Waals surface area contributed by atoms with Gasteiger partial charge >= 0.3 is 0 Å². The summed E-state index contributed by atoms with van der Waals surface area (Å²) in [5.41, 5.74) is 12.0. The first-order valence-electron chi connectivity index (χ1n) is 15.9. The van der Waals surface area contributed by atoms with E-state index in [1.165, 1.54) is 60.5 Å². The van der Waals surface area contributed by atoms with Crippen LogP contribution in [0.3, 0.4) is 0 Å². The van der Waals surface area contributed by atoms with Crippen LogP contribution < -0.4 is 4.90 Å². The van der Waals surface area contributed by atoms with Gasteiger partial charge in [-0.15, -0.1) is 0 Å². The SMILES string of the molecule is Cc1ccc(-c2ccc3ccccc3c2-c2ccc(N(c3ccc(-c4ccccc4)cc3)c3cccc4ccccc34)cc2)cc1. The van der Waals surface area contributed by atoms with E-state index in [-0.39, 0.29) is 0 Å². The average Bonchev–Trinajstić information content (AvgIpc) is 3.13. The monoisotopic (exact) mass is 587 g/mol. The summed E-state index contributed by atoms with van der Waals surface area (Å²) >= 11 is 0. The van der Waals surface area contributed by atoms with Gasteiger partial charge in [0.1, 0.15) is 0 Å². The first-order valence-corrected chi connectivity index (χ1v) is 15.9. The van der Waals surface area contributed by atoms with E-state index in [4.69, 9.17) is 0 Å². The molecule has 8 aromatic rings. The number of hydrogen-bond donors (Lipinski definition) is 0. The smallest absolute Gasteiger partial charge is 0.0540 e. The highest BCUT2D eigenvalue weighted by Crippen LogP contribution is 2.42. The van der Waals surface area contributed by atoms with Gasteiger partial charge in [-0.2, -0.15) is 0 Å². The molecule has 0 atom stereocenters. The minimum Gasteiger partial charge on any atom is -0.310 e. The lowest BCUT2D eigenvalue weighted by Crippen LogP contribution is -2.10. The van der Waals surface area contributed by atoms with Crippen molar-refractivity contribution >= 4 is 38.6 Å². The van der Waals surface area contributed by atoms with Crippen LogP contribution in [-0.4, -0.2) is 0 Å². The lowest BCUT2D eigenvalue weighted by molar-refractivity contribution is 1.30. The van der Waals surface area contributed by atoms with Crippen molar-refractivity contribution in [3.05, 3.63) is 188 Å². The van der Waals surface area contributed by atoms with E-state index < -0.39 is 0 Å². The molecule has 0 radical (unpaired) electrons. The maximum absolute atomic E-state index is 2.38. The van der Waals surface area contributed by atoms with Gasteiger partial charge in [-0.1, -0.05) is 157 Å². The molecule has 0 aromatic heterocycles. The lowest BCUT2D eigenvalue weighted by atomic mass is 9.89. The predicted octanol–water partition coefficient (Wildman–Crippen LogP) is 12.8. The fourth-order valence-electron chi connectivity index (χ4n) is 6.60. The van der Waals surface area contributed by atoms with Gasteiger partial charge < -0.3 is 4.90 Å².